The number of ether oxygens (including phenoxy) is 1. The number of piperazine rings is 1. The lowest BCUT2D eigenvalue weighted by Crippen LogP contribution is -2.55. The van der Waals surface area contributed by atoms with E-state index in [-0.39, 0.29) is 18.0 Å². The van der Waals surface area contributed by atoms with E-state index in [9.17, 15) is 9.59 Å². The van der Waals surface area contributed by atoms with Crippen LogP contribution in [0.4, 0.5) is 22.0 Å². The average molecular weight is 464 g/mol. The maximum absolute atomic E-state index is 13.0. The van der Waals surface area contributed by atoms with Gasteiger partial charge in [0.25, 0.3) is 5.91 Å². The van der Waals surface area contributed by atoms with E-state index in [1.165, 1.54) is 0 Å². The standard InChI is InChI=1S/C24H29N7O3/c1-15-12-25-21-20(15)22(27-14-26-21)30-8-9-31(16(2)13-30)24(33)29-18-6-3-5-17(11-18)28-23(32)19-7-4-10-34-19/h3,5-6,11-12,14,16,19H,4,7-10,13H2,1-2H3,(H,28,32)(H,29,33)(H,25,26,27)/t16-,19?/m0/s1. The van der Waals surface area contributed by atoms with Crippen molar-refractivity contribution in [1.82, 2.24) is 19.9 Å². The van der Waals surface area contributed by atoms with Crippen LogP contribution < -0.4 is 15.5 Å². The second-order valence-electron chi connectivity index (χ2n) is 8.88. The molecule has 2 aromatic heterocycles. The van der Waals surface area contributed by atoms with Gasteiger partial charge in [0, 0.05) is 49.9 Å². The van der Waals surface area contributed by atoms with Crippen molar-refractivity contribution in [2.45, 2.75) is 38.8 Å². The molecule has 2 fully saturated rings. The van der Waals surface area contributed by atoms with Gasteiger partial charge in [-0.2, -0.15) is 0 Å². The van der Waals surface area contributed by atoms with Gasteiger partial charge in [0.2, 0.25) is 0 Å². The molecule has 2 saturated heterocycles. The van der Waals surface area contributed by atoms with Crippen molar-refractivity contribution in [3.63, 3.8) is 0 Å². The molecule has 0 spiro atoms. The second-order valence-corrected chi connectivity index (χ2v) is 8.88. The van der Waals surface area contributed by atoms with Crippen molar-refractivity contribution in [2.24, 2.45) is 0 Å². The minimum atomic E-state index is -0.401. The van der Waals surface area contributed by atoms with E-state index in [4.69, 9.17) is 4.74 Å². The van der Waals surface area contributed by atoms with Gasteiger partial charge in [-0.1, -0.05) is 6.07 Å². The summed E-state index contributed by atoms with van der Waals surface area (Å²) < 4.78 is 5.44. The summed E-state index contributed by atoms with van der Waals surface area (Å²) in [6.07, 6.45) is 4.74. The first-order valence-corrected chi connectivity index (χ1v) is 11.6. The van der Waals surface area contributed by atoms with Crippen LogP contribution in [0, 0.1) is 6.92 Å². The summed E-state index contributed by atoms with van der Waals surface area (Å²) in [5.74, 6) is 0.743. The Morgan fingerprint density at radius 1 is 1.18 bits per heavy atom. The summed E-state index contributed by atoms with van der Waals surface area (Å²) in [6, 6.07) is 7.00. The molecule has 1 aromatic carbocycles. The minimum Gasteiger partial charge on any atom is -0.368 e. The summed E-state index contributed by atoms with van der Waals surface area (Å²) in [6.45, 7) is 6.60. The third-order valence-corrected chi connectivity index (χ3v) is 6.44. The van der Waals surface area contributed by atoms with Crippen LogP contribution in [-0.2, 0) is 9.53 Å². The lowest BCUT2D eigenvalue weighted by atomic mass is 10.1. The fraction of sp³-hybridized carbons (Fsp3) is 0.417. The van der Waals surface area contributed by atoms with Crippen LogP contribution in [0.25, 0.3) is 11.0 Å². The Hall–Kier alpha value is -3.66. The van der Waals surface area contributed by atoms with Crippen molar-refractivity contribution >= 4 is 40.2 Å². The predicted octanol–water partition coefficient (Wildman–Crippen LogP) is 3.13. The normalized spacial score (nSPS) is 20.5. The molecule has 2 aliphatic rings. The van der Waals surface area contributed by atoms with Gasteiger partial charge in [0.1, 0.15) is 23.9 Å². The largest absolute Gasteiger partial charge is 0.368 e. The number of urea groups is 1. The van der Waals surface area contributed by atoms with Gasteiger partial charge >= 0.3 is 6.03 Å². The molecule has 1 unspecified atom stereocenters. The van der Waals surface area contributed by atoms with Gasteiger partial charge in [-0.05, 0) is 50.5 Å². The number of carbonyl (C=O) groups is 2. The van der Waals surface area contributed by atoms with Crippen molar-refractivity contribution in [1.29, 1.82) is 0 Å². The highest BCUT2D eigenvalue weighted by molar-refractivity contribution is 5.96. The Morgan fingerprint density at radius 3 is 2.76 bits per heavy atom. The molecule has 3 amide bonds. The van der Waals surface area contributed by atoms with E-state index in [1.807, 2.05) is 37.1 Å². The third-order valence-electron chi connectivity index (χ3n) is 6.44. The molecule has 178 valence electrons. The van der Waals surface area contributed by atoms with Crippen molar-refractivity contribution < 1.29 is 14.3 Å². The molecule has 0 radical (unpaired) electrons. The van der Waals surface area contributed by atoms with Crippen LogP contribution in [0.3, 0.4) is 0 Å². The zero-order chi connectivity index (χ0) is 23.7. The van der Waals surface area contributed by atoms with Gasteiger partial charge < -0.3 is 30.2 Å². The minimum absolute atomic E-state index is 0.0135. The fourth-order valence-corrected chi connectivity index (χ4v) is 4.67. The lowest BCUT2D eigenvalue weighted by Gasteiger charge is -2.40. The number of aromatic amines is 1. The van der Waals surface area contributed by atoms with Gasteiger partial charge in [0.05, 0.1) is 5.39 Å². The molecule has 10 nitrogen and oxygen atoms in total. The molecule has 3 aromatic rings. The Labute approximate surface area is 197 Å². The Balaban J connectivity index is 1.22. The van der Waals surface area contributed by atoms with Crippen LogP contribution >= 0.6 is 0 Å². The number of hydrogen-bond donors (Lipinski definition) is 3. The van der Waals surface area contributed by atoms with Crippen LogP contribution in [0.5, 0.6) is 0 Å². The molecule has 4 heterocycles. The maximum atomic E-state index is 13.0. The van der Waals surface area contributed by atoms with E-state index in [2.05, 4.69) is 30.5 Å². The second kappa shape index (κ2) is 9.30. The predicted molar refractivity (Wildman–Crippen MR) is 130 cm³/mol. The number of fused-ring (bicyclic) bond motifs is 1. The zero-order valence-corrected chi connectivity index (χ0v) is 19.4. The number of H-pyrrole nitrogens is 1. The molecule has 3 N–H and O–H groups in total. The topological polar surface area (TPSA) is 115 Å². The number of carbonyl (C=O) groups excluding carboxylic acids is 2. The number of hydrogen-bond acceptors (Lipinski definition) is 6. The van der Waals surface area contributed by atoms with Gasteiger partial charge in [-0.15, -0.1) is 0 Å². The van der Waals surface area contributed by atoms with E-state index >= 15 is 0 Å². The van der Waals surface area contributed by atoms with E-state index in [1.54, 1.807) is 18.5 Å². The van der Waals surface area contributed by atoms with E-state index in [0.717, 1.165) is 35.3 Å². The highest BCUT2D eigenvalue weighted by Gasteiger charge is 2.29. The van der Waals surface area contributed by atoms with Crippen molar-refractivity contribution in [3.05, 3.63) is 42.4 Å². The summed E-state index contributed by atoms with van der Waals surface area (Å²) in [4.78, 5) is 41.4. The average Bonchev–Trinajstić information content (AvgIpc) is 3.50. The summed E-state index contributed by atoms with van der Waals surface area (Å²) >= 11 is 0. The molecule has 2 aliphatic heterocycles. The number of aryl methyl sites for hydroxylation is 1. The fourth-order valence-electron chi connectivity index (χ4n) is 4.67. The highest BCUT2D eigenvalue weighted by Crippen LogP contribution is 2.28. The number of rotatable bonds is 4. The van der Waals surface area contributed by atoms with Crippen LogP contribution in [0.1, 0.15) is 25.3 Å². The molecule has 34 heavy (non-hydrogen) atoms. The summed E-state index contributed by atoms with van der Waals surface area (Å²) in [5, 5.41) is 6.87. The number of anilines is 3. The van der Waals surface area contributed by atoms with Gasteiger partial charge in [-0.25, -0.2) is 14.8 Å². The van der Waals surface area contributed by atoms with E-state index < -0.39 is 6.10 Å². The molecule has 0 bridgehead atoms. The molecule has 0 aliphatic carbocycles. The van der Waals surface area contributed by atoms with Crippen LogP contribution in [-0.4, -0.2) is 70.2 Å². The van der Waals surface area contributed by atoms with Crippen LogP contribution in [0.15, 0.2) is 36.8 Å². The highest BCUT2D eigenvalue weighted by atomic mass is 16.5. The van der Waals surface area contributed by atoms with Gasteiger partial charge in [0.15, 0.2) is 0 Å². The molecule has 0 saturated carbocycles. The molecule has 10 heteroatoms. The van der Waals surface area contributed by atoms with Crippen molar-refractivity contribution in [3.8, 4) is 0 Å². The maximum Gasteiger partial charge on any atom is 0.322 e. The first-order chi connectivity index (χ1) is 16.5. The Kier molecular flexibility index (Phi) is 6.06. The Morgan fingerprint density at radius 2 is 2.00 bits per heavy atom. The number of amides is 3. The summed E-state index contributed by atoms with van der Waals surface area (Å²) in [7, 11) is 0. The number of nitrogens with one attached hydrogen (secondary N) is 3. The first-order valence-electron chi connectivity index (χ1n) is 11.6. The van der Waals surface area contributed by atoms with E-state index in [0.29, 0.717) is 37.6 Å². The number of nitrogens with zero attached hydrogens (tertiary/aromatic N) is 4. The number of aromatic nitrogens is 3. The molecular weight excluding hydrogens is 434 g/mol. The Bertz CT molecular complexity index is 1200. The molecule has 2 atom stereocenters. The SMILES string of the molecule is Cc1c[nH]c2ncnc(N3CCN(C(=O)Nc4cccc(NC(=O)C5CCCO5)c4)[C@@H](C)C3)c12. The lowest BCUT2D eigenvalue weighted by molar-refractivity contribution is -0.124. The molecular formula is C24H29N7O3. The quantitative estimate of drug-likeness (QED) is 0.548. The zero-order valence-electron chi connectivity index (χ0n) is 19.4. The van der Waals surface area contributed by atoms with Crippen LogP contribution in [0.2, 0.25) is 0 Å². The first kappa shape index (κ1) is 22.1. The van der Waals surface area contributed by atoms with Gasteiger partial charge in [-0.3, -0.25) is 4.79 Å². The molecule has 5 rings (SSSR count). The number of benzene rings is 1. The smallest absolute Gasteiger partial charge is 0.322 e. The monoisotopic (exact) mass is 463 g/mol. The summed E-state index contributed by atoms with van der Waals surface area (Å²) in [5.41, 5.74) is 3.18. The third kappa shape index (κ3) is 4.41. The van der Waals surface area contributed by atoms with Crippen molar-refractivity contribution in [2.75, 3.05) is 41.8 Å².